The molecule has 28 heavy (non-hydrogen) atoms. The fraction of sp³-hybridized carbons (Fsp3) is 0.0455. The van der Waals surface area contributed by atoms with Gasteiger partial charge in [-0.15, -0.1) is 0 Å². The van der Waals surface area contributed by atoms with Crippen LogP contribution < -0.4 is 0 Å². The summed E-state index contributed by atoms with van der Waals surface area (Å²) in [4.78, 5) is 7.54. The smallest absolute Gasteiger partial charge is 0.156 e. The molecule has 2 aromatic carbocycles. The lowest BCUT2D eigenvalue weighted by Gasteiger charge is -2.12. The van der Waals surface area contributed by atoms with Gasteiger partial charge < -0.3 is 4.42 Å². The van der Waals surface area contributed by atoms with Gasteiger partial charge in [0.2, 0.25) is 0 Å². The maximum Gasteiger partial charge on any atom is 0.156 e. The Labute approximate surface area is 159 Å². The molecule has 0 radical (unpaired) electrons. The Morgan fingerprint density at radius 2 is 1.64 bits per heavy atom. The van der Waals surface area contributed by atoms with Crippen LogP contribution in [-0.2, 0) is 0 Å². The minimum absolute atomic E-state index is 0.0618. The molecule has 4 aromatic rings. The first-order valence-electron chi connectivity index (χ1n) is 8.46. The van der Waals surface area contributed by atoms with Crippen molar-refractivity contribution in [1.82, 2.24) is 9.97 Å². The molecule has 0 amide bonds. The molecular formula is C22H13F2N3O. The van der Waals surface area contributed by atoms with E-state index in [-0.39, 0.29) is 28.0 Å². The lowest BCUT2D eigenvalue weighted by molar-refractivity contribution is 0.386. The highest BCUT2D eigenvalue weighted by Crippen LogP contribution is 2.37. The number of benzene rings is 2. The summed E-state index contributed by atoms with van der Waals surface area (Å²) in [5.41, 5.74) is 0.727. The fourth-order valence-electron chi connectivity index (χ4n) is 2.97. The summed E-state index contributed by atoms with van der Waals surface area (Å²) < 4.78 is 35.9. The first kappa shape index (κ1) is 17.6. The summed E-state index contributed by atoms with van der Waals surface area (Å²) in [6, 6.07) is 17.1. The Balaban J connectivity index is 1.81. The van der Waals surface area contributed by atoms with E-state index >= 15 is 4.39 Å². The predicted octanol–water partition coefficient (Wildman–Crippen LogP) is 5.47. The third kappa shape index (κ3) is 3.14. The molecule has 2 aromatic heterocycles. The molecule has 0 saturated carbocycles. The number of alkyl halides is 1. The molecule has 6 heteroatoms. The SMILES string of the molecule is N#Cc1ccc(C(F)c2cncnc2)c(F)c1-c1ccc(-c2ccccc2)o1. The van der Waals surface area contributed by atoms with Crippen molar-refractivity contribution >= 4 is 0 Å². The van der Waals surface area contributed by atoms with Crippen LogP contribution in [0.5, 0.6) is 0 Å². The first-order valence-corrected chi connectivity index (χ1v) is 8.46. The molecule has 0 aliphatic rings. The van der Waals surface area contributed by atoms with E-state index in [1.807, 2.05) is 36.4 Å². The zero-order valence-corrected chi connectivity index (χ0v) is 14.5. The summed E-state index contributed by atoms with van der Waals surface area (Å²) >= 11 is 0. The van der Waals surface area contributed by atoms with Crippen molar-refractivity contribution in [2.75, 3.05) is 0 Å². The van der Waals surface area contributed by atoms with E-state index < -0.39 is 12.0 Å². The van der Waals surface area contributed by atoms with Crippen LogP contribution in [0.2, 0.25) is 0 Å². The van der Waals surface area contributed by atoms with Gasteiger partial charge in [0.1, 0.15) is 23.7 Å². The number of hydrogen-bond donors (Lipinski definition) is 0. The largest absolute Gasteiger partial charge is 0.456 e. The molecule has 0 N–H and O–H groups in total. The van der Waals surface area contributed by atoms with Crippen molar-refractivity contribution in [3.63, 3.8) is 0 Å². The van der Waals surface area contributed by atoms with Crippen molar-refractivity contribution in [1.29, 1.82) is 5.26 Å². The number of nitrogens with zero attached hydrogens (tertiary/aromatic N) is 3. The summed E-state index contributed by atoms with van der Waals surface area (Å²) in [6.07, 6.45) is 2.08. The Morgan fingerprint density at radius 1 is 0.929 bits per heavy atom. The standard InChI is InChI=1S/C22H13F2N3O/c23-21(16-11-26-13-27-12-16)17-7-6-15(10-25)20(22(17)24)19-9-8-18(28-19)14-4-2-1-3-5-14/h1-9,11-13,21H. The van der Waals surface area contributed by atoms with Gasteiger partial charge in [-0.2, -0.15) is 5.26 Å². The lowest BCUT2D eigenvalue weighted by atomic mass is 9.97. The van der Waals surface area contributed by atoms with E-state index in [9.17, 15) is 9.65 Å². The topological polar surface area (TPSA) is 62.7 Å². The zero-order valence-electron chi connectivity index (χ0n) is 14.5. The molecule has 0 fully saturated rings. The van der Waals surface area contributed by atoms with Gasteiger partial charge >= 0.3 is 0 Å². The quantitative estimate of drug-likeness (QED) is 0.476. The second-order valence-corrected chi connectivity index (χ2v) is 6.07. The highest BCUT2D eigenvalue weighted by atomic mass is 19.1. The number of halogens is 2. The van der Waals surface area contributed by atoms with Crippen LogP contribution in [0.3, 0.4) is 0 Å². The van der Waals surface area contributed by atoms with Crippen LogP contribution in [0, 0.1) is 17.1 Å². The number of hydrogen-bond acceptors (Lipinski definition) is 4. The highest BCUT2D eigenvalue weighted by molar-refractivity contribution is 5.71. The lowest BCUT2D eigenvalue weighted by Crippen LogP contribution is -2.02. The van der Waals surface area contributed by atoms with Crippen molar-refractivity contribution in [3.05, 3.63) is 95.8 Å². The average Bonchev–Trinajstić information content (AvgIpc) is 3.24. The molecule has 2 heterocycles. The molecule has 0 spiro atoms. The van der Waals surface area contributed by atoms with Gasteiger partial charge in [0.15, 0.2) is 6.17 Å². The van der Waals surface area contributed by atoms with Gasteiger partial charge in [-0.25, -0.2) is 18.7 Å². The van der Waals surface area contributed by atoms with E-state index in [4.69, 9.17) is 4.42 Å². The summed E-state index contributed by atoms with van der Waals surface area (Å²) in [6.45, 7) is 0. The summed E-state index contributed by atoms with van der Waals surface area (Å²) in [5, 5.41) is 9.40. The molecule has 1 atom stereocenters. The van der Waals surface area contributed by atoms with Gasteiger partial charge in [0.05, 0.1) is 17.2 Å². The molecule has 4 nitrogen and oxygen atoms in total. The molecule has 1 unspecified atom stereocenters. The second kappa shape index (κ2) is 7.41. The predicted molar refractivity (Wildman–Crippen MR) is 99.2 cm³/mol. The Bertz CT molecular complexity index is 1150. The van der Waals surface area contributed by atoms with Gasteiger partial charge in [0, 0.05) is 29.1 Å². The molecular weight excluding hydrogens is 360 g/mol. The molecule has 0 aliphatic carbocycles. The second-order valence-electron chi connectivity index (χ2n) is 6.07. The van der Waals surface area contributed by atoms with Crippen LogP contribution in [0.1, 0.15) is 22.9 Å². The van der Waals surface area contributed by atoms with Gasteiger partial charge in [0.25, 0.3) is 0 Å². The Kier molecular flexibility index (Phi) is 4.65. The van der Waals surface area contributed by atoms with Crippen LogP contribution in [0.4, 0.5) is 8.78 Å². The highest BCUT2D eigenvalue weighted by Gasteiger charge is 2.24. The van der Waals surface area contributed by atoms with Crippen LogP contribution in [0.25, 0.3) is 22.6 Å². The summed E-state index contributed by atoms with van der Waals surface area (Å²) in [5.74, 6) is -0.159. The number of furan rings is 1. The maximum absolute atomic E-state index is 15.3. The van der Waals surface area contributed by atoms with E-state index in [1.165, 1.54) is 30.9 Å². The Morgan fingerprint density at radius 3 is 2.36 bits per heavy atom. The van der Waals surface area contributed by atoms with Crippen molar-refractivity contribution in [3.8, 4) is 28.7 Å². The van der Waals surface area contributed by atoms with E-state index in [1.54, 1.807) is 12.1 Å². The third-order valence-corrected chi connectivity index (χ3v) is 4.35. The van der Waals surface area contributed by atoms with E-state index in [0.29, 0.717) is 5.76 Å². The molecule has 0 saturated heterocycles. The van der Waals surface area contributed by atoms with Crippen molar-refractivity contribution in [2.45, 2.75) is 6.17 Å². The van der Waals surface area contributed by atoms with Gasteiger partial charge in [-0.1, -0.05) is 36.4 Å². The zero-order chi connectivity index (χ0) is 19.5. The number of rotatable bonds is 4. The van der Waals surface area contributed by atoms with E-state index in [2.05, 4.69) is 9.97 Å². The molecule has 0 aliphatic heterocycles. The average molecular weight is 373 g/mol. The minimum Gasteiger partial charge on any atom is -0.456 e. The maximum atomic E-state index is 15.3. The van der Waals surface area contributed by atoms with Crippen LogP contribution >= 0.6 is 0 Å². The van der Waals surface area contributed by atoms with E-state index in [0.717, 1.165) is 5.56 Å². The minimum atomic E-state index is -1.77. The molecule has 4 rings (SSSR count). The van der Waals surface area contributed by atoms with Crippen molar-refractivity contribution < 1.29 is 13.2 Å². The third-order valence-electron chi connectivity index (χ3n) is 4.35. The van der Waals surface area contributed by atoms with Gasteiger partial charge in [-0.05, 0) is 18.2 Å². The fourth-order valence-corrected chi connectivity index (χ4v) is 2.97. The van der Waals surface area contributed by atoms with Crippen molar-refractivity contribution in [2.24, 2.45) is 0 Å². The normalized spacial score (nSPS) is 11.8. The molecule has 0 bridgehead atoms. The number of nitriles is 1. The Hall–Kier alpha value is -3.85. The van der Waals surface area contributed by atoms with Crippen LogP contribution in [-0.4, -0.2) is 9.97 Å². The van der Waals surface area contributed by atoms with Crippen LogP contribution in [0.15, 0.2) is 77.7 Å². The number of aromatic nitrogens is 2. The van der Waals surface area contributed by atoms with Gasteiger partial charge in [-0.3, -0.25) is 0 Å². The summed E-state index contributed by atoms with van der Waals surface area (Å²) in [7, 11) is 0. The first-order chi connectivity index (χ1) is 13.7. The monoisotopic (exact) mass is 373 g/mol. The molecule has 136 valence electrons.